The topological polar surface area (TPSA) is 42.4 Å². The predicted octanol–water partition coefficient (Wildman–Crippen LogP) is 1.04. The number of aliphatic hydroxyl groups is 1. The molecule has 0 bridgehead atoms. The Morgan fingerprint density at radius 1 is 1.82 bits per heavy atom. The first-order valence-corrected chi connectivity index (χ1v) is 4.34. The van der Waals surface area contributed by atoms with Gasteiger partial charge < -0.3 is 9.84 Å². The third kappa shape index (κ3) is 3.46. The molecule has 1 rings (SSSR count). The first-order chi connectivity index (χ1) is 5.29. The summed E-state index contributed by atoms with van der Waals surface area (Å²) in [5, 5.41) is 8.75. The number of hydrogen-bond acceptors (Lipinski definition) is 4. The number of ether oxygens (including phenoxy) is 1. The number of hydrogen-bond donors (Lipinski definition) is 1. The Kier molecular flexibility index (Phi) is 3.48. The largest absolute Gasteiger partial charge is 0.368 e. The molecule has 1 atom stereocenters. The van der Waals surface area contributed by atoms with Crippen LogP contribution in [-0.2, 0) is 11.2 Å². The van der Waals surface area contributed by atoms with Crippen molar-refractivity contribution in [3.63, 3.8) is 0 Å². The summed E-state index contributed by atoms with van der Waals surface area (Å²) in [5.74, 6) is 0. The van der Waals surface area contributed by atoms with Crippen LogP contribution in [0.2, 0.25) is 0 Å². The molecule has 0 amide bonds. The summed E-state index contributed by atoms with van der Waals surface area (Å²) < 4.78 is 4.95. The van der Waals surface area contributed by atoms with E-state index in [2.05, 4.69) is 4.98 Å². The minimum Gasteiger partial charge on any atom is -0.368 e. The molecule has 4 heteroatoms. The summed E-state index contributed by atoms with van der Waals surface area (Å²) in [6, 6.07) is 0. The number of aliphatic hydroxyl groups excluding tert-OH is 1. The van der Waals surface area contributed by atoms with Gasteiger partial charge in [-0.3, -0.25) is 4.98 Å². The van der Waals surface area contributed by atoms with E-state index in [-0.39, 0.29) is 0 Å². The second-order valence-corrected chi connectivity index (χ2v) is 3.16. The monoisotopic (exact) mass is 173 g/mol. The van der Waals surface area contributed by atoms with E-state index in [4.69, 9.17) is 9.84 Å². The van der Waals surface area contributed by atoms with E-state index in [9.17, 15) is 0 Å². The zero-order chi connectivity index (χ0) is 8.10. The zero-order valence-electron chi connectivity index (χ0n) is 6.36. The molecule has 0 aromatic carbocycles. The maximum absolute atomic E-state index is 8.75. The Morgan fingerprint density at radius 2 is 2.64 bits per heavy atom. The average Bonchev–Trinajstić information content (AvgIpc) is 2.39. The van der Waals surface area contributed by atoms with Gasteiger partial charge in [0, 0.05) is 17.5 Å². The smallest absolute Gasteiger partial charge is 0.151 e. The first kappa shape index (κ1) is 8.64. The Morgan fingerprint density at radius 3 is 3.18 bits per heavy atom. The summed E-state index contributed by atoms with van der Waals surface area (Å²) in [4.78, 5) is 5.11. The standard InChI is InChI=1S/C7H11NO2S/c1-6(9)10-3-2-7-4-8-5-11-7/h4-6,9H,2-3H2,1H3. The van der Waals surface area contributed by atoms with E-state index >= 15 is 0 Å². The summed E-state index contributed by atoms with van der Waals surface area (Å²) in [6.07, 6.45) is 1.98. The molecule has 0 saturated heterocycles. The summed E-state index contributed by atoms with van der Waals surface area (Å²) >= 11 is 1.60. The van der Waals surface area contributed by atoms with Crippen molar-refractivity contribution in [2.75, 3.05) is 6.61 Å². The van der Waals surface area contributed by atoms with Gasteiger partial charge >= 0.3 is 0 Å². The van der Waals surface area contributed by atoms with E-state index in [1.54, 1.807) is 23.8 Å². The maximum atomic E-state index is 8.75. The van der Waals surface area contributed by atoms with Crippen molar-refractivity contribution in [3.8, 4) is 0 Å². The molecule has 1 unspecified atom stereocenters. The van der Waals surface area contributed by atoms with E-state index in [0.29, 0.717) is 6.61 Å². The molecule has 1 N–H and O–H groups in total. The highest BCUT2D eigenvalue weighted by Gasteiger charge is 1.96. The molecule has 3 nitrogen and oxygen atoms in total. The van der Waals surface area contributed by atoms with Crippen LogP contribution < -0.4 is 0 Å². The minimum atomic E-state index is -0.664. The van der Waals surface area contributed by atoms with Crippen molar-refractivity contribution >= 4 is 11.3 Å². The highest BCUT2D eigenvalue weighted by Crippen LogP contribution is 2.06. The van der Waals surface area contributed by atoms with Crippen molar-refractivity contribution in [1.82, 2.24) is 4.98 Å². The third-order valence-electron chi connectivity index (χ3n) is 1.19. The molecule has 11 heavy (non-hydrogen) atoms. The van der Waals surface area contributed by atoms with Gasteiger partial charge in [0.15, 0.2) is 6.29 Å². The molecular weight excluding hydrogens is 162 g/mol. The number of aromatic nitrogens is 1. The lowest BCUT2D eigenvalue weighted by Crippen LogP contribution is -2.08. The van der Waals surface area contributed by atoms with Crippen molar-refractivity contribution in [2.45, 2.75) is 19.6 Å². The molecule has 0 aliphatic heterocycles. The summed E-state index contributed by atoms with van der Waals surface area (Å²) in [7, 11) is 0. The van der Waals surface area contributed by atoms with Gasteiger partial charge in [0.1, 0.15) is 0 Å². The molecule has 1 aromatic heterocycles. The molecule has 1 aromatic rings. The van der Waals surface area contributed by atoms with Crippen LogP contribution in [0.15, 0.2) is 11.7 Å². The first-order valence-electron chi connectivity index (χ1n) is 3.46. The quantitative estimate of drug-likeness (QED) is 0.692. The van der Waals surface area contributed by atoms with Gasteiger partial charge in [-0.1, -0.05) is 0 Å². The van der Waals surface area contributed by atoms with Crippen molar-refractivity contribution in [1.29, 1.82) is 0 Å². The van der Waals surface area contributed by atoms with Gasteiger partial charge in [-0.05, 0) is 6.92 Å². The van der Waals surface area contributed by atoms with Crippen LogP contribution in [-0.4, -0.2) is 23.0 Å². The molecular formula is C7H11NO2S. The molecule has 1 heterocycles. The van der Waals surface area contributed by atoms with E-state index in [1.807, 2.05) is 6.20 Å². The summed E-state index contributed by atoms with van der Waals surface area (Å²) in [5.41, 5.74) is 1.79. The van der Waals surface area contributed by atoms with Crippen molar-refractivity contribution in [2.24, 2.45) is 0 Å². The van der Waals surface area contributed by atoms with E-state index in [0.717, 1.165) is 6.42 Å². The van der Waals surface area contributed by atoms with Gasteiger partial charge in [-0.15, -0.1) is 11.3 Å². The van der Waals surface area contributed by atoms with Gasteiger partial charge in [0.05, 0.1) is 12.1 Å². The Balaban J connectivity index is 2.14. The molecule has 0 spiro atoms. The Hall–Kier alpha value is -0.450. The second-order valence-electron chi connectivity index (χ2n) is 2.19. The molecule has 0 aliphatic carbocycles. The fourth-order valence-electron chi connectivity index (χ4n) is 0.696. The fourth-order valence-corrected chi connectivity index (χ4v) is 1.28. The number of nitrogens with zero attached hydrogens (tertiary/aromatic N) is 1. The normalized spacial score (nSPS) is 13.3. The van der Waals surface area contributed by atoms with Gasteiger partial charge in [0.25, 0.3) is 0 Å². The van der Waals surface area contributed by atoms with Crippen LogP contribution in [0.4, 0.5) is 0 Å². The second kappa shape index (κ2) is 4.43. The molecule has 0 aliphatic rings. The van der Waals surface area contributed by atoms with Gasteiger partial charge in [-0.2, -0.15) is 0 Å². The Bertz CT molecular complexity index is 186. The fraction of sp³-hybridized carbons (Fsp3) is 0.571. The lowest BCUT2D eigenvalue weighted by atomic mass is 10.4. The molecule has 0 radical (unpaired) electrons. The Labute approximate surface area is 69.7 Å². The predicted molar refractivity (Wildman–Crippen MR) is 43.5 cm³/mol. The van der Waals surface area contributed by atoms with Gasteiger partial charge in [-0.25, -0.2) is 0 Å². The van der Waals surface area contributed by atoms with Crippen LogP contribution in [0, 0.1) is 0 Å². The van der Waals surface area contributed by atoms with Crippen LogP contribution >= 0.6 is 11.3 Å². The van der Waals surface area contributed by atoms with Crippen LogP contribution in [0.3, 0.4) is 0 Å². The van der Waals surface area contributed by atoms with Crippen molar-refractivity contribution < 1.29 is 9.84 Å². The van der Waals surface area contributed by atoms with E-state index < -0.39 is 6.29 Å². The molecule has 0 fully saturated rings. The number of rotatable bonds is 4. The number of thiazole rings is 1. The molecule has 62 valence electrons. The zero-order valence-corrected chi connectivity index (χ0v) is 7.17. The van der Waals surface area contributed by atoms with Crippen LogP contribution in [0.5, 0.6) is 0 Å². The van der Waals surface area contributed by atoms with E-state index in [1.165, 1.54) is 4.88 Å². The maximum Gasteiger partial charge on any atom is 0.151 e. The third-order valence-corrected chi connectivity index (χ3v) is 2.03. The highest BCUT2D eigenvalue weighted by molar-refractivity contribution is 7.09. The highest BCUT2D eigenvalue weighted by atomic mass is 32.1. The van der Waals surface area contributed by atoms with Crippen LogP contribution in [0.1, 0.15) is 11.8 Å². The average molecular weight is 173 g/mol. The lowest BCUT2D eigenvalue weighted by Gasteiger charge is -2.03. The summed E-state index contributed by atoms with van der Waals surface area (Å²) in [6.45, 7) is 2.16. The van der Waals surface area contributed by atoms with Gasteiger partial charge in [0.2, 0.25) is 0 Å². The van der Waals surface area contributed by atoms with Crippen molar-refractivity contribution in [3.05, 3.63) is 16.6 Å². The minimum absolute atomic E-state index is 0.555. The van der Waals surface area contributed by atoms with Crippen LogP contribution in [0.25, 0.3) is 0 Å². The molecule has 0 saturated carbocycles. The lowest BCUT2D eigenvalue weighted by molar-refractivity contribution is -0.0837. The SMILES string of the molecule is CC(O)OCCc1cncs1.